The lowest BCUT2D eigenvalue weighted by Crippen LogP contribution is -2.30. The van der Waals surface area contributed by atoms with Crippen molar-refractivity contribution >= 4 is 39.5 Å². The third-order valence-electron chi connectivity index (χ3n) is 19.1. The van der Waals surface area contributed by atoms with E-state index < -0.39 is 97.5 Å². The van der Waals surface area contributed by atoms with Crippen molar-refractivity contribution in [2.75, 3.05) is 39.6 Å². The minimum Gasteiger partial charge on any atom is -0.462 e. The summed E-state index contributed by atoms with van der Waals surface area (Å²) in [5.74, 6) is -0.447. The number of esters is 4. The summed E-state index contributed by atoms with van der Waals surface area (Å²) < 4.78 is 68.6. The van der Waals surface area contributed by atoms with Gasteiger partial charge < -0.3 is 33.8 Å². The maximum atomic E-state index is 13.1. The Morgan fingerprint density at radius 1 is 0.320 bits per heavy atom. The number of carbonyl (C=O) groups excluding carboxylic acids is 4. The Bertz CT molecular complexity index is 2020. The van der Waals surface area contributed by atoms with Crippen LogP contribution in [0.4, 0.5) is 0 Å². The Morgan fingerprint density at radius 2 is 0.560 bits per heavy atom. The maximum absolute atomic E-state index is 13.1. The standard InChI is InChI=1S/C81H154O17P2/c1-7-11-13-15-17-19-20-21-22-30-35-41-47-53-59-65-80(85)97-76(69-91-78(83)63-57-51-45-37-18-16-14-12-8-2)71-95-99(87,88)93-67-75(82)68-94-100(89,90)96-72-77(98-81(86)66-60-54-48-42-36-31-26-24-28-33-39-44-50-56-62-74(6)10-4)70-92-79(84)64-58-52-46-40-34-29-25-23-27-32-38-43-49-55-61-73(5)9-3/h19-22,73-77,82H,7-18,23-72H2,1-6H3,(H,87,88)(H,89,90)/b20-19-,22-21-/t73?,74?,75-,76+,77+/m0/s1. The maximum Gasteiger partial charge on any atom is 0.472 e. The quantitative estimate of drug-likeness (QED) is 0.0169. The van der Waals surface area contributed by atoms with Crippen LogP contribution in [0.3, 0.4) is 0 Å². The van der Waals surface area contributed by atoms with Crippen molar-refractivity contribution in [2.45, 2.75) is 419 Å². The second-order valence-corrected chi connectivity index (χ2v) is 31.9. The molecule has 0 rings (SSSR count). The summed E-state index contributed by atoms with van der Waals surface area (Å²) in [5, 5.41) is 10.6. The Balaban J connectivity index is 5.26. The third-order valence-corrected chi connectivity index (χ3v) is 21.0. The molecule has 19 heteroatoms. The van der Waals surface area contributed by atoms with Gasteiger partial charge in [-0.1, -0.05) is 348 Å². The van der Waals surface area contributed by atoms with Crippen molar-refractivity contribution in [3.63, 3.8) is 0 Å². The molecule has 0 aromatic heterocycles. The van der Waals surface area contributed by atoms with E-state index in [1.807, 2.05) is 0 Å². The fourth-order valence-electron chi connectivity index (χ4n) is 11.9. The number of ether oxygens (including phenoxy) is 4. The van der Waals surface area contributed by atoms with E-state index >= 15 is 0 Å². The molecule has 100 heavy (non-hydrogen) atoms. The molecule has 0 bridgehead atoms. The summed E-state index contributed by atoms with van der Waals surface area (Å²) in [6, 6.07) is 0. The summed E-state index contributed by atoms with van der Waals surface area (Å²) in [6.07, 6.45) is 64.4. The molecule has 0 amide bonds. The SMILES string of the molecule is CCCCCC/C=C\C=C/CCCCCCCC(=O)O[C@H](COC(=O)CCCCCCCCCCC)COP(=O)(O)OC[C@H](O)COP(=O)(O)OC[C@@H](COC(=O)CCCCCCCCCCCCCCCCC(C)CC)OC(=O)CCCCCCCCCCCCCCCCC(C)CC. The zero-order valence-electron chi connectivity index (χ0n) is 65.0. The van der Waals surface area contributed by atoms with E-state index in [9.17, 15) is 43.2 Å². The van der Waals surface area contributed by atoms with Gasteiger partial charge in [0.15, 0.2) is 12.2 Å². The smallest absolute Gasteiger partial charge is 0.462 e. The second kappa shape index (κ2) is 72.1. The summed E-state index contributed by atoms with van der Waals surface area (Å²) in [5.41, 5.74) is 0. The number of allylic oxidation sites excluding steroid dienone is 4. The molecule has 3 N–H and O–H groups in total. The number of hydrogen-bond acceptors (Lipinski definition) is 15. The van der Waals surface area contributed by atoms with Crippen LogP contribution in [0, 0.1) is 11.8 Å². The molecule has 0 saturated heterocycles. The number of aliphatic hydroxyl groups is 1. The van der Waals surface area contributed by atoms with Gasteiger partial charge in [-0.15, -0.1) is 0 Å². The molecule has 0 spiro atoms. The van der Waals surface area contributed by atoms with Gasteiger partial charge in [-0.25, -0.2) is 9.13 Å². The summed E-state index contributed by atoms with van der Waals surface area (Å²) in [6.45, 7) is 9.66. The highest BCUT2D eigenvalue weighted by molar-refractivity contribution is 7.47. The highest BCUT2D eigenvalue weighted by atomic mass is 31.2. The average molecular weight is 1460 g/mol. The molecule has 0 radical (unpaired) electrons. The topological polar surface area (TPSA) is 237 Å². The summed E-state index contributed by atoms with van der Waals surface area (Å²) in [7, 11) is -9.93. The number of phosphoric acid groups is 2. The zero-order valence-corrected chi connectivity index (χ0v) is 66.8. The Morgan fingerprint density at radius 3 is 0.850 bits per heavy atom. The molecule has 4 unspecified atom stereocenters. The monoisotopic (exact) mass is 1460 g/mol. The van der Waals surface area contributed by atoms with Crippen LogP contribution in [0.25, 0.3) is 0 Å². The molecular formula is C81H154O17P2. The second-order valence-electron chi connectivity index (χ2n) is 29.0. The van der Waals surface area contributed by atoms with E-state index in [1.54, 1.807) is 0 Å². The number of carbonyl (C=O) groups is 4. The largest absolute Gasteiger partial charge is 0.472 e. The first-order chi connectivity index (χ1) is 48.4. The van der Waals surface area contributed by atoms with Crippen LogP contribution in [0.5, 0.6) is 0 Å². The lowest BCUT2D eigenvalue weighted by atomic mass is 9.99. The van der Waals surface area contributed by atoms with E-state index in [1.165, 1.54) is 205 Å². The normalized spacial score (nSPS) is 14.6. The predicted octanol–water partition coefficient (Wildman–Crippen LogP) is 23.8. The molecule has 0 aliphatic carbocycles. The lowest BCUT2D eigenvalue weighted by Gasteiger charge is -2.21. The van der Waals surface area contributed by atoms with Gasteiger partial charge >= 0.3 is 39.5 Å². The van der Waals surface area contributed by atoms with Crippen LogP contribution in [-0.2, 0) is 65.4 Å². The Kier molecular flexibility index (Phi) is 70.3. The summed E-state index contributed by atoms with van der Waals surface area (Å²) >= 11 is 0. The third kappa shape index (κ3) is 71.2. The average Bonchev–Trinajstić information content (AvgIpc) is 0.994. The van der Waals surface area contributed by atoms with Gasteiger partial charge in [-0.2, -0.15) is 0 Å². The highest BCUT2D eigenvalue weighted by Gasteiger charge is 2.30. The van der Waals surface area contributed by atoms with E-state index in [0.29, 0.717) is 25.7 Å². The van der Waals surface area contributed by atoms with Gasteiger partial charge in [0.25, 0.3) is 0 Å². The number of rotatable bonds is 78. The van der Waals surface area contributed by atoms with Gasteiger partial charge in [-0.05, 0) is 63.2 Å². The number of phosphoric ester groups is 2. The van der Waals surface area contributed by atoms with Crippen molar-refractivity contribution in [3.8, 4) is 0 Å². The minimum absolute atomic E-state index is 0.0851. The first-order valence-corrected chi connectivity index (χ1v) is 44.4. The van der Waals surface area contributed by atoms with Gasteiger partial charge in [0, 0.05) is 25.7 Å². The van der Waals surface area contributed by atoms with E-state index in [4.69, 9.17) is 37.0 Å². The van der Waals surface area contributed by atoms with Gasteiger partial charge in [0.1, 0.15) is 19.3 Å². The van der Waals surface area contributed by atoms with E-state index in [0.717, 1.165) is 115 Å². The van der Waals surface area contributed by atoms with Crippen molar-refractivity contribution in [2.24, 2.45) is 11.8 Å². The molecule has 7 atom stereocenters. The van der Waals surface area contributed by atoms with E-state index in [2.05, 4.69) is 65.8 Å². The van der Waals surface area contributed by atoms with Crippen molar-refractivity contribution in [1.82, 2.24) is 0 Å². The van der Waals surface area contributed by atoms with Crippen molar-refractivity contribution < 1.29 is 80.2 Å². The molecular weight excluding hydrogens is 1310 g/mol. The molecule has 0 saturated carbocycles. The predicted molar refractivity (Wildman–Crippen MR) is 409 cm³/mol. The van der Waals surface area contributed by atoms with Crippen LogP contribution < -0.4 is 0 Å². The van der Waals surface area contributed by atoms with Gasteiger partial charge in [0.05, 0.1) is 26.4 Å². The van der Waals surface area contributed by atoms with Gasteiger partial charge in [0.2, 0.25) is 0 Å². The van der Waals surface area contributed by atoms with Crippen LogP contribution >= 0.6 is 15.6 Å². The molecule has 0 aliphatic heterocycles. The molecule has 17 nitrogen and oxygen atoms in total. The van der Waals surface area contributed by atoms with Crippen LogP contribution in [0.15, 0.2) is 24.3 Å². The Labute approximate surface area is 612 Å². The molecule has 0 aromatic carbocycles. The molecule has 0 heterocycles. The van der Waals surface area contributed by atoms with Crippen LogP contribution in [0.1, 0.15) is 401 Å². The fourth-order valence-corrected chi connectivity index (χ4v) is 13.5. The van der Waals surface area contributed by atoms with Crippen molar-refractivity contribution in [3.05, 3.63) is 24.3 Å². The number of hydrogen-bond donors (Lipinski definition) is 3. The Hall–Kier alpha value is -2.46. The van der Waals surface area contributed by atoms with Gasteiger partial charge in [-0.3, -0.25) is 37.3 Å². The highest BCUT2D eigenvalue weighted by Crippen LogP contribution is 2.45. The molecule has 0 fully saturated rings. The first kappa shape index (κ1) is 97.5. The van der Waals surface area contributed by atoms with E-state index in [-0.39, 0.29) is 25.7 Å². The van der Waals surface area contributed by atoms with Crippen LogP contribution in [0.2, 0.25) is 0 Å². The number of unbranched alkanes of at least 4 members (excludes halogenated alkanes) is 43. The molecule has 590 valence electrons. The van der Waals surface area contributed by atoms with Crippen LogP contribution in [-0.4, -0.2) is 96.7 Å². The molecule has 0 aliphatic rings. The molecule has 0 aromatic rings. The first-order valence-electron chi connectivity index (χ1n) is 41.4. The fraction of sp³-hybridized carbons (Fsp3) is 0.901. The lowest BCUT2D eigenvalue weighted by molar-refractivity contribution is -0.161. The minimum atomic E-state index is -4.97. The zero-order chi connectivity index (χ0) is 73.5. The number of aliphatic hydroxyl groups excluding tert-OH is 1. The summed E-state index contributed by atoms with van der Waals surface area (Å²) in [4.78, 5) is 73.0. The van der Waals surface area contributed by atoms with Crippen molar-refractivity contribution in [1.29, 1.82) is 0 Å².